The summed E-state index contributed by atoms with van der Waals surface area (Å²) in [6, 6.07) is 21.5. The Balaban J connectivity index is 1.42. The van der Waals surface area contributed by atoms with E-state index in [1.807, 2.05) is 66.4 Å². The summed E-state index contributed by atoms with van der Waals surface area (Å²) in [5.74, 6) is 0.891. The van der Waals surface area contributed by atoms with E-state index in [1.165, 1.54) is 5.56 Å². The number of hydrogen-bond donors (Lipinski definition) is 1. The van der Waals surface area contributed by atoms with Crippen molar-refractivity contribution in [2.45, 2.75) is 25.5 Å². The van der Waals surface area contributed by atoms with Crippen molar-refractivity contribution in [3.8, 4) is 5.75 Å². The second-order valence-electron chi connectivity index (χ2n) is 7.52. The van der Waals surface area contributed by atoms with Crippen LogP contribution in [0.15, 0.2) is 72.9 Å². The zero-order valence-electron chi connectivity index (χ0n) is 16.5. The van der Waals surface area contributed by atoms with Gasteiger partial charge in [0.05, 0.1) is 6.20 Å². The van der Waals surface area contributed by atoms with Crippen LogP contribution in [0.1, 0.15) is 33.1 Å². The highest BCUT2D eigenvalue weighted by molar-refractivity contribution is 5.94. The first-order valence-electron chi connectivity index (χ1n) is 9.84. The van der Waals surface area contributed by atoms with Gasteiger partial charge in [0, 0.05) is 36.3 Å². The average molecular weight is 387 g/mol. The summed E-state index contributed by atoms with van der Waals surface area (Å²) in [4.78, 5) is 19.1. The van der Waals surface area contributed by atoms with E-state index >= 15 is 0 Å². The van der Waals surface area contributed by atoms with Crippen LogP contribution < -0.4 is 10.5 Å². The third-order valence-electron chi connectivity index (χ3n) is 5.34. The van der Waals surface area contributed by atoms with Crippen LogP contribution in [0.2, 0.25) is 0 Å². The summed E-state index contributed by atoms with van der Waals surface area (Å²) < 4.78 is 5.79. The van der Waals surface area contributed by atoms with Crippen LogP contribution >= 0.6 is 0 Å². The van der Waals surface area contributed by atoms with Gasteiger partial charge in [-0.25, -0.2) is 0 Å². The maximum atomic E-state index is 13.1. The minimum absolute atomic E-state index is 0.0118. The average Bonchev–Trinajstić information content (AvgIpc) is 3.15. The lowest BCUT2D eigenvalue weighted by Gasteiger charge is -2.17. The van der Waals surface area contributed by atoms with E-state index in [9.17, 15) is 4.79 Å². The summed E-state index contributed by atoms with van der Waals surface area (Å²) in [6.45, 7) is 3.53. The second-order valence-corrected chi connectivity index (χ2v) is 7.52. The Morgan fingerprint density at radius 2 is 1.93 bits per heavy atom. The predicted octanol–water partition coefficient (Wildman–Crippen LogP) is 3.54. The molecule has 1 fully saturated rings. The monoisotopic (exact) mass is 387 g/mol. The second kappa shape index (κ2) is 8.45. The van der Waals surface area contributed by atoms with Crippen molar-refractivity contribution in [2.75, 3.05) is 13.1 Å². The Kier molecular flexibility index (Phi) is 5.58. The number of benzene rings is 2. The summed E-state index contributed by atoms with van der Waals surface area (Å²) >= 11 is 0. The summed E-state index contributed by atoms with van der Waals surface area (Å²) in [7, 11) is 0. The molecule has 0 aliphatic carbocycles. The lowest BCUT2D eigenvalue weighted by Crippen LogP contribution is -2.32. The molecule has 3 aromatic rings. The van der Waals surface area contributed by atoms with Gasteiger partial charge in [0.15, 0.2) is 0 Å². The highest BCUT2D eigenvalue weighted by atomic mass is 16.5. The van der Waals surface area contributed by atoms with Crippen molar-refractivity contribution in [1.82, 2.24) is 9.88 Å². The number of aryl methyl sites for hydroxylation is 1. The first-order valence-corrected chi connectivity index (χ1v) is 9.84. The van der Waals surface area contributed by atoms with E-state index in [0.29, 0.717) is 31.0 Å². The number of ether oxygens (including phenoxy) is 1. The standard InChI is InChI=1S/C24H25N3O2/c1-17-10-11-21(13-26-17)29-16-18-6-5-9-20(12-18)24(28)27-14-22(23(25)15-27)19-7-3-2-4-8-19/h2-13,22-23H,14-16,25H2,1H3/t22-,23+/m0/s1. The summed E-state index contributed by atoms with van der Waals surface area (Å²) in [6.07, 6.45) is 1.71. The first kappa shape index (κ1) is 19.2. The topological polar surface area (TPSA) is 68.5 Å². The Bertz CT molecular complexity index is 973. The molecule has 2 N–H and O–H groups in total. The van der Waals surface area contributed by atoms with Gasteiger partial charge in [-0.05, 0) is 42.3 Å². The van der Waals surface area contributed by atoms with E-state index in [4.69, 9.17) is 10.5 Å². The number of carbonyl (C=O) groups excluding carboxylic acids is 1. The van der Waals surface area contributed by atoms with Gasteiger partial charge in [-0.3, -0.25) is 9.78 Å². The SMILES string of the molecule is Cc1ccc(OCc2cccc(C(=O)N3C[C@@H](N)[C@H](c4ccccc4)C3)c2)cn1. The molecule has 0 unspecified atom stereocenters. The number of pyridine rings is 1. The zero-order chi connectivity index (χ0) is 20.2. The van der Waals surface area contributed by atoms with E-state index in [0.717, 1.165) is 11.3 Å². The van der Waals surface area contributed by atoms with Crippen molar-refractivity contribution in [1.29, 1.82) is 0 Å². The maximum absolute atomic E-state index is 13.1. The van der Waals surface area contributed by atoms with Crippen molar-refractivity contribution >= 4 is 5.91 Å². The van der Waals surface area contributed by atoms with E-state index in [2.05, 4.69) is 17.1 Å². The number of amides is 1. The van der Waals surface area contributed by atoms with Gasteiger partial charge in [-0.15, -0.1) is 0 Å². The van der Waals surface area contributed by atoms with Crippen molar-refractivity contribution in [3.05, 3.63) is 95.3 Å². The highest BCUT2D eigenvalue weighted by Gasteiger charge is 2.34. The number of aromatic nitrogens is 1. The van der Waals surface area contributed by atoms with Gasteiger partial charge in [-0.2, -0.15) is 0 Å². The third kappa shape index (κ3) is 4.46. The Hall–Kier alpha value is -3.18. The van der Waals surface area contributed by atoms with E-state index < -0.39 is 0 Å². The highest BCUT2D eigenvalue weighted by Crippen LogP contribution is 2.27. The van der Waals surface area contributed by atoms with Crippen molar-refractivity contribution in [3.63, 3.8) is 0 Å². The lowest BCUT2D eigenvalue weighted by molar-refractivity contribution is 0.0789. The molecule has 1 aliphatic heterocycles. The Morgan fingerprint density at radius 3 is 2.69 bits per heavy atom. The van der Waals surface area contributed by atoms with E-state index in [-0.39, 0.29) is 17.9 Å². The first-order chi connectivity index (χ1) is 14.1. The van der Waals surface area contributed by atoms with Gasteiger partial charge >= 0.3 is 0 Å². The Morgan fingerprint density at radius 1 is 1.10 bits per heavy atom. The molecule has 0 radical (unpaired) electrons. The molecule has 5 heteroatoms. The molecule has 1 amide bonds. The third-order valence-corrected chi connectivity index (χ3v) is 5.34. The smallest absolute Gasteiger partial charge is 0.253 e. The number of rotatable bonds is 5. The molecule has 148 valence electrons. The summed E-state index contributed by atoms with van der Waals surface area (Å²) in [5, 5.41) is 0. The minimum atomic E-state index is -0.0538. The van der Waals surface area contributed by atoms with Crippen molar-refractivity contribution < 1.29 is 9.53 Å². The lowest BCUT2D eigenvalue weighted by atomic mass is 9.95. The zero-order valence-corrected chi connectivity index (χ0v) is 16.5. The molecule has 29 heavy (non-hydrogen) atoms. The van der Waals surface area contributed by atoms with Crippen LogP contribution in [0.3, 0.4) is 0 Å². The van der Waals surface area contributed by atoms with Gasteiger partial charge in [0.1, 0.15) is 12.4 Å². The molecule has 1 aliphatic rings. The molecule has 2 aromatic carbocycles. The van der Waals surface area contributed by atoms with Crippen LogP contribution in [0.25, 0.3) is 0 Å². The molecule has 0 saturated carbocycles. The molecule has 0 spiro atoms. The fourth-order valence-electron chi connectivity index (χ4n) is 3.73. The number of nitrogens with zero attached hydrogens (tertiary/aromatic N) is 2. The van der Waals surface area contributed by atoms with E-state index in [1.54, 1.807) is 6.20 Å². The van der Waals surface area contributed by atoms with Crippen LogP contribution in [0, 0.1) is 6.92 Å². The number of nitrogens with two attached hydrogens (primary N) is 1. The van der Waals surface area contributed by atoms with Crippen LogP contribution in [-0.2, 0) is 6.61 Å². The fourth-order valence-corrected chi connectivity index (χ4v) is 3.73. The van der Waals surface area contributed by atoms with Gasteiger partial charge in [0.2, 0.25) is 0 Å². The van der Waals surface area contributed by atoms with Gasteiger partial charge in [-0.1, -0.05) is 42.5 Å². The predicted molar refractivity (Wildman–Crippen MR) is 113 cm³/mol. The number of carbonyl (C=O) groups is 1. The maximum Gasteiger partial charge on any atom is 0.253 e. The molecular weight excluding hydrogens is 362 g/mol. The summed E-state index contributed by atoms with van der Waals surface area (Å²) in [5.41, 5.74) is 10.1. The van der Waals surface area contributed by atoms with Crippen LogP contribution in [0.5, 0.6) is 5.75 Å². The Labute approximate surface area is 171 Å². The number of hydrogen-bond acceptors (Lipinski definition) is 4. The number of likely N-dealkylation sites (tertiary alicyclic amines) is 1. The molecule has 0 bridgehead atoms. The molecule has 4 rings (SSSR count). The fraction of sp³-hybridized carbons (Fsp3) is 0.250. The molecular formula is C24H25N3O2. The molecule has 1 saturated heterocycles. The minimum Gasteiger partial charge on any atom is -0.487 e. The normalized spacial score (nSPS) is 18.6. The van der Waals surface area contributed by atoms with Gasteiger partial charge < -0.3 is 15.4 Å². The quantitative estimate of drug-likeness (QED) is 0.727. The molecule has 2 atom stereocenters. The molecule has 2 heterocycles. The largest absolute Gasteiger partial charge is 0.487 e. The molecule has 1 aromatic heterocycles. The van der Waals surface area contributed by atoms with Crippen molar-refractivity contribution in [2.24, 2.45) is 5.73 Å². The molecule has 5 nitrogen and oxygen atoms in total. The van der Waals surface area contributed by atoms with Crippen LogP contribution in [0.4, 0.5) is 0 Å². The van der Waals surface area contributed by atoms with Gasteiger partial charge in [0.25, 0.3) is 5.91 Å². The van der Waals surface area contributed by atoms with Crippen LogP contribution in [-0.4, -0.2) is 34.9 Å².